The highest BCUT2D eigenvalue weighted by Crippen LogP contribution is 2.27. The van der Waals surface area contributed by atoms with Crippen molar-refractivity contribution in [2.75, 3.05) is 26.2 Å². The van der Waals surface area contributed by atoms with E-state index in [1.807, 2.05) is 0 Å². The predicted octanol–water partition coefficient (Wildman–Crippen LogP) is 4.26. The predicted molar refractivity (Wildman–Crippen MR) is 85.8 cm³/mol. The molecule has 0 heterocycles. The second kappa shape index (κ2) is 9.22. The number of nitrogens with zero attached hydrogens (tertiary/aromatic N) is 1. The van der Waals surface area contributed by atoms with Gasteiger partial charge in [-0.05, 0) is 43.1 Å². The Morgan fingerprint density at radius 2 is 1.79 bits per heavy atom. The van der Waals surface area contributed by atoms with E-state index in [4.69, 9.17) is 4.74 Å². The van der Waals surface area contributed by atoms with Gasteiger partial charge in [0.2, 0.25) is 0 Å². The third-order valence-electron chi connectivity index (χ3n) is 3.35. The van der Waals surface area contributed by atoms with Gasteiger partial charge < -0.3 is 9.64 Å². The minimum absolute atomic E-state index is 0. The molecular weight excluding hydrogens is 258 g/mol. The fourth-order valence-corrected chi connectivity index (χ4v) is 2.07. The molecule has 0 atom stereocenters. The van der Waals surface area contributed by atoms with Crippen LogP contribution in [0.25, 0.3) is 0 Å². The Morgan fingerprint density at radius 1 is 1.16 bits per heavy atom. The van der Waals surface area contributed by atoms with E-state index in [0.717, 1.165) is 32.0 Å². The molecule has 19 heavy (non-hydrogen) atoms. The standard InChI is InChI=1S/C16H27NO.ClH/c1-6-17(7-2)10-11-18-16-12-14(5)8-9-15(16)13(3)4;/h8-9,12-13H,6-7,10-11H2,1-5H3;1H. The van der Waals surface area contributed by atoms with E-state index in [2.05, 4.69) is 57.7 Å². The molecule has 1 rings (SSSR count). The number of aryl methyl sites for hydroxylation is 1. The molecule has 0 amide bonds. The highest BCUT2D eigenvalue weighted by atomic mass is 35.5. The van der Waals surface area contributed by atoms with Gasteiger partial charge in [0.25, 0.3) is 0 Å². The van der Waals surface area contributed by atoms with Crippen molar-refractivity contribution in [2.45, 2.75) is 40.5 Å². The maximum Gasteiger partial charge on any atom is 0.123 e. The Kier molecular flexibility index (Phi) is 8.86. The Balaban J connectivity index is 0.00000324. The molecule has 1 aromatic rings. The molecule has 0 N–H and O–H groups in total. The van der Waals surface area contributed by atoms with E-state index in [1.165, 1.54) is 11.1 Å². The average molecular weight is 286 g/mol. The summed E-state index contributed by atoms with van der Waals surface area (Å²) in [5, 5.41) is 0. The van der Waals surface area contributed by atoms with Crippen LogP contribution in [0.1, 0.15) is 44.7 Å². The summed E-state index contributed by atoms with van der Waals surface area (Å²) in [6.07, 6.45) is 0. The molecule has 0 spiro atoms. The summed E-state index contributed by atoms with van der Waals surface area (Å²) in [5.74, 6) is 1.56. The molecule has 110 valence electrons. The van der Waals surface area contributed by atoms with Crippen molar-refractivity contribution in [3.63, 3.8) is 0 Å². The van der Waals surface area contributed by atoms with Crippen LogP contribution in [0.3, 0.4) is 0 Å². The SMILES string of the molecule is CCN(CC)CCOc1cc(C)ccc1C(C)C.Cl. The van der Waals surface area contributed by atoms with Gasteiger partial charge in [-0.1, -0.05) is 39.8 Å². The van der Waals surface area contributed by atoms with E-state index >= 15 is 0 Å². The number of hydrogen-bond donors (Lipinski definition) is 0. The van der Waals surface area contributed by atoms with Crippen LogP contribution in [0.5, 0.6) is 5.75 Å². The zero-order chi connectivity index (χ0) is 13.5. The van der Waals surface area contributed by atoms with Crippen LogP contribution >= 0.6 is 12.4 Å². The number of likely N-dealkylation sites (N-methyl/N-ethyl adjacent to an activating group) is 1. The Labute approximate surface area is 124 Å². The van der Waals surface area contributed by atoms with Crippen LogP contribution in [0.2, 0.25) is 0 Å². The first kappa shape index (κ1) is 18.3. The lowest BCUT2D eigenvalue weighted by atomic mass is 10.0. The molecule has 0 aromatic heterocycles. The summed E-state index contributed by atoms with van der Waals surface area (Å²) in [5.41, 5.74) is 2.57. The molecule has 3 heteroatoms. The molecule has 0 saturated carbocycles. The van der Waals surface area contributed by atoms with Gasteiger partial charge in [0.05, 0.1) is 0 Å². The molecule has 0 saturated heterocycles. The molecule has 0 unspecified atom stereocenters. The van der Waals surface area contributed by atoms with Gasteiger partial charge in [-0.2, -0.15) is 0 Å². The van der Waals surface area contributed by atoms with Gasteiger partial charge in [-0.15, -0.1) is 12.4 Å². The van der Waals surface area contributed by atoms with Crippen molar-refractivity contribution in [1.82, 2.24) is 4.90 Å². The molecule has 0 bridgehead atoms. The third-order valence-corrected chi connectivity index (χ3v) is 3.35. The lowest BCUT2D eigenvalue weighted by Gasteiger charge is -2.20. The van der Waals surface area contributed by atoms with E-state index in [-0.39, 0.29) is 12.4 Å². The van der Waals surface area contributed by atoms with Crippen molar-refractivity contribution in [1.29, 1.82) is 0 Å². The maximum absolute atomic E-state index is 5.97. The van der Waals surface area contributed by atoms with E-state index in [1.54, 1.807) is 0 Å². The van der Waals surface area contributed by atoms with Gasteiger partial charge in [0, 0.05) is 6.54 Å². The minimum Gasteiger partial charge on any atom is -0.492 e. The molecule has 0 fully saturated rings. The van der Waals surface area contributed by atoms with Crippen LogP contribution < -0.4 is 4.74 Å². The Bertz CT molecular complexity index is 362. The monoisotopic (exact) mass is 285 g/mol. The summed E-state index contributed by atoms with van der Waals surface area (Å²) in [6.45, 7) is 14.9. The van der Waals surface area contributed by atoms with E-state index in [9.17, 15) is 0 Å². The first-order chi connectivity index (χ1) is 8.58. The van der Waals surface area contributed by atoms with Gasteiger partial charge >= 0.3 is 0 Å². The second-order valence-electron chi connectivity index (χ2n) is 5.07. The average Bonchev–Trinajstić information content (AvgIpc) is 2.34. The number of halogens is 1. The number of benzene rings is 1. The van der Waals surface area contributed by atoms with Crippen molar-refractivity contribution < 1.29 is 4.74 Å². The van der Waals surface area contributed by atoms with Crippen LogP contribution in [-0.4, -0.2) is 31.1 Å². The Morgan fingerprint density at radius 3 is 2.32 bits per heavy atom. The highest BCUT2D eigenvalue weighted by molar-refractivity contribution is 5.85. The normalized spacial score (nSPS) is 10.7. The minimum atomic E-state index is 0. The first-order valence-corrected chi connectivity index (χ1v) is 7.04. The molecule has 1 aromatic carbocycles. The largest absolute Gasteiger partial charge is 0.492 e. The van der Waals surface area contributed by atoms with Crippen molar-refractivity contribution >= 4 is 12.4 Å². The molecular formula is C16H28ClNO. The summed E-state index contributed by atoms with van der Waals surface area (Å²) in [6, 6.07) is 6.50. The van der Waals surface area contributed by atoms with Gasteiger partial charge in [-0.25, -0.2) is 0 Å². The molecule has 0 aliphatic carbocycles. The van der Waals surface area contributed by atoms with Gasteiger partial charge in [0.15, 0.2) is 0 Å². The quantitative estimate of drug-likeness (QED) is 0.742. The molecule has 0 aliphatic rings. The van der Waals surface area contributed by atoms with Crippen LogP contribution in [0, 0.1) is 6.92 Å². The molecule has 0 radical (unpaired) electrons. The lowest BCUT2D eigenvalue weighted by molar-refractivity contribution is 0.221. The zero-order valence-electron chi connectivity index (χ0n) is 12.9. The zero-order valence-corrected chi connectivity index (χ0v) is 13.7. The number of hydrogen-bond acceptors (Lipinski definition) is 2. The topological polar surface area (TPSA) is 12.5 Å². The third kappa shape index (κ3) is 5.84. The first-order valence-electron chi connectivity index (χ1n) is 7.04. The molecule has 2 nitrogen and oxygen atoms in total. The lowest BCUT2D eigenvalue weighted by Crippen LogP contribution is -2.28. The summed E-state index contributed by atoms with van der Waals surface area (Å²) in [4.78, 5) is 2.38. The maximum atomic E-state index is 5.97. The van der Waals surface area contributed by atoms with Crippen molar-refractivity contribution in [3.05, 3.63) is 29.3 Å². The summed E-state index contributed by atoms with van der Waals surface area (Å²) >= 11 is 0. The van der Waals surface area contributed by atoms with Gasteiger partial charge in [0.1, 0.15) is 12.4 Å². The van der Waals surface area contributed by atoms with Crippen LogP contribution in [0.15, 0.2) is 18.2 Å². The van der Waals surface area contributed by atoms with Crippen molar-refractivity contribution in [3.8, 4) is 5.75 Å². The van der Waals surface area contributed by atoms with Crippen LogP contribution in [-0.2, 0) is 0 Å². The summed E-state index contributed by atoms with van der Waals surface area (Å²) in [7, 11) is 0. The number of ether oxygens (including phenoxy) is 1. The van der Waals surface area contributed by atoms with Crippen molar-refractivity contribution in [2.24, 2.45) is 0 Å². The van der Waals surface area contributed by atoms with Crippen LogP contribution in [0.4, 0.5) is 0 Å². The Hall–Kier alpha value is -0.730. The van der Waals surface area contributed by atoms with E-state index in [0.29, 0.717) is 5.92 Å². The number of rotatable bonds is 7. The fourth-order valence-electron chi connectivity index (χ4n) is 2.07. The highest BCUT2D eigenvalue weighted by Gasteiger charge is 2.08. The second-order valence-corrected chi connectivity index (χ2v) is 5.07. The smallest absolute Gasteiger partial charge is 0.123 e. The van der Waals surface area contributed by atoms with E-state index < -0.39 is 0 Å². The fraction of sp³-hybridized carbons (Fsp3) is 0.625. The summed E-state index contributed by atoms with van der Waals surface area (Å²) < 4.78 is 5.97. The molecule has 0 aliphatic heterocycles. The van der Waals surface area contributed by atoms with Gasteiger partial charge in [-0.3, -0.25) is 0 Å².